The molecule has 0 atom stereocenters. The van der Waals surface area contributed by atoms with Crippen molar-refractivity contribution < 1.29 is 4.79 Å². The monoisotopic (exact) mass is 355 g/mol. The molecule has 0 aliphatic rings. The van der Waals surface area contributed by atoms with Crippen molar-refractivity contribution in [2.75, 3.05) is 11.0 Å². The molecule has 0 saturated heterocycles. The Morgan fingerprint density at radius 1 is 1.69 bits per heavy atom. The van der Waals surface area contributed by atoms with Gasteiger partial charge in [0.1, 0.15) is 12.0 Å². The summed E-state index contributed by atoms with van der Waals surface area (Å²) in [6, 6.07) is 0. The SMILES string of the molecule is O=C(NCCI)c1ncncc1Br. The van der Waals surface area contributed by atoms with E-state index in [-0.39, 0.29) is 5.91 Å². The lowest BCUT2D eigenvalue weighted by molar-refractivity contribution is 0.0950. The first-order chi connectivity index (χ1) is 6.25. The molecule has 0 unspecified atom stereocenters. The Morgan fingerprint density at radius 2 is 2.46 bits per heavy atom. The molecule has 0 bridgehead atoms. The lowest BCUT2D eigenvalue weighted by atomic mass is 10.4. The van der Waals surface area contributed by atoms with Gasteiger partial charge in [0.05, 0.1) is 4.47 Å². The maximum absolute atomic E-state index is 11.4. The maximum Gasteiger partial charge on any atom is 0.271 e. The molecule has 0 radical (unpaired) electrons. The Kier molecular flexibility index (Phi) is 4.57. The van der Waals surface area contributed by atoms with E-state index >= 15 is 0 Å². The van der Waals surface area contributed by atoms with Crippen LogP contribution in [0.25, 0.3) is 0 Å². The smallest absolute Gasteiger partial charge is 0.271 e. The molecule has 1 aromatic rings. The van der Waals surface area contributed by atoms with Gasteiger partial charge in [-0.15, -0.1) is 0 Å². The van der Waals surface area contributed by atoms with Gasteiger partial charge in [0.25, 0.3) is 5.91 Å². The third kappa shape index (κ3) is 3.18. The molecule has 70 valence electrons. The summed E-state index contributed by atoms with van der Waals surface area (Å²) < 4.78 is 1.49. The first-order valence-electron chi connectivity index (χ1n) is 3.55. The molecule has 6 heteroatoms. The van der Waals surface area contributed by atoms with E-state index in [9.17, 15) is 4.79 Å². The summed E-state index contributed by atoms with van der Waals surface area (Å²) in [5.74, 6) is -0.175. The predicted molar refractivity (Wildman–Crippen MR) is 61.0 cm³/mol. The number of aromatic nitrogens is 2. The Bertz CT molecular complexity index is 308. The fourth-order valence-corrected chi connectivity index (χ4v) is 1.39. The van der Waals surface area contributed by atoms with E-state index in [2.05, 4.69) is 53.8 Å². The average Bonchev–Trinajstić information content (AvgIpc) is 2.15. The Hall–Kier alpha value is -0.240. The lowest BCUT2D eigenvalue weighted by Crippen LogP contribution is -2.26. The third-order valence-corrected chi connectivity index (χ3v) is 2.38. The summed E-state index contributed by atoms with van der Waals surface area (Å²) in [4.78, 5) is 19.0. The van der Waals surface area contributed by atoms with Crippen molar-refractivity contribution in [2.24, 2.45) is 0 Å². The molecule has 0 fully saturated rings. The number of hydrogen-bond acceptors (Lipinski definition) is 3. The number of alkyl halides is 1. The highest BCUT2D eigenvalue weighted by Crippen LogP contribution is 2.10. The minimum atomic E-state index is -0.175. The standard InChI is InChI=1S/C7H7BrIN3O/c8-5-3-10-4-12-6(5)7(13)11-2-1-9/h3-4H,1-2H2,(H,11,13). The van der Waals surface area contributed by atoms with Crippen LogP contribution < -0.4 is 5.32 Å². The number of nitrogens with one attached hydrogen (secondary N) is 1. The van der Waals surface area contributed by atoms with Crippen molar-refractivity contribution >= 4 is 44.4 Å². The zero-order chi connectivity index (χ0) is 9.68. The van der Waals surface area contributed by atoms with Gasteiger partial charge in [-0.05, 0) is 15.9 Å². The summed E-state index contributed by atoms with van der Waals surface area (Å²) >= 11 is 5.39. The van der Waals surface area contributed by atoms with Crippen LogP contribution in [0, 0.1) is 0 Å². The van der Waals surface area contributed by atoms with E-state index in [0.29, 0.717) is 16.7 Å². The molecule has 0 aliphatic heterocycles. The van der Waals surface area contributed by atoms with Crippen LogP contribution in [0.3, 0.4) is 0 Å². The van der Waals surface area contributed by atoms with Crippen LogP contribution in [0.2, 0.25) is 0 Å². The van der Waals surface area contributed by atoms with Crippen LogP contribution in [0.1, 0.15) is 10.5 Å². The van der Waals surface area contributed by atoms with E-state index < -0.39 is 0 Å². The van der Waals surface area contributed by atoms with Crippen LogP contribution in [0.4, 0.5) is 0 Å². The van der Waals surface area contributed by atoms with E-state index in [0.717, 1.165) is 4.43 Å². The Morgan fingerprint density at radius 3 is 3.08 bits per heavy atom. The van der Waals surface area contributed by atoms with Crippen molar-refractivity contribution in [3.63, 3.8) is 0 Å². The number of halogens is 2. The van der Waals surface area contributed by atoms with Crippen LogP contribution in [-0.2, 0) is 0 Å². The van der Waals surface area contributed by atoms with Gasteiger partial charge in [0.15, 0.2) is 0 Å². The van der Waals surface area contributed by atoms with Gasteiger partial charge >= 0.3 is 0 Å². The molecule has 0 spiro atoms. The molecule has 1 rings (SSSR count). The number of hydrogen-bond donors (Lipinski definition) is 1. The second-order valence-electron chi connectivity index (χ2n) is 2.16. The number of nitrogens with zero attached hydrogens (tertiary/aromatic N) is 2. The second-order valence-corrected chi connectivity index (χ2v) is 4.10. The largest absolute Gasteiger partial charge is 0.350 e. The maximum atomic E-state index is 11.4. The quantitative estimate of drug-likeness (QED) is 0.658. The van der Waals surface area contributed by atoms with Gasteiger partial charge in [-0.25, -0.2) is 9.97 Å². The summed E-state index contributed by atoms with van der Waals surface area (Å²) in [6.45, 7) is 0.649. The molecule has 4 nitrogen and oxygen atoms in total. The predicted octanol–water partition coefficient (Wildman–Crippen LogP) is 1.40. The highest BCUT2D eigenvalue weighted by Gasteiger charge is 2.09. The minimum Gasteiger partial charge on any atom is -0.350 e. The van der Waals surface area contributed by atoms with Gasteiger partial charge < -0.3 is 5.32 Å². The van der Waals surface area contributed by atoms with Crippen molar-refractivity contribution in [2.45, 2.75) is 0 Å². The Labute approximate surface area is 97.8 Å². The van der Waals surface area contributed by atoms with Gasteiger partial charge in [0.2, 0.25) is 0 Å². The van der Waals surface area contributed by atoms with Crippen LogP contribution in [-0.4, -0.2) is 26.8 Å². The average molecular weight is 356 g/mol. The topological polar surface area (TPSA) is 54.9 Å². The summed E-state index contributed by atoms with van der Waals surface area (Å²) in [7, 11) is 0. The van der Waals surface area contributed by atoms with Gasteiger partial charge in [-0.2, -0.15) is 0 Å². The number of rotatable bonds is 3. The molecular weight excluding hydrogens is 349 g/mol. The lowest BCUT2D eigenvalue weighted by Gasteiger charge is -2.02. The molecule has 1 heterocycles. The third-order valence-electron chi connectivity index (χ3n) is 1.26. The molecule has 1 N–H and O–H groups in total. The minimum absolute atomic E-state index is 0.175. The second kappa shape index (κ2) is 5.48. The summed E-state index contributed by atoms with van der Waals surface area (Å²) in [5, 5.41) is 2.72. The van der Waals surface area contributed by atoms with Gasteiger partial charge in [-0.1, -0.05) is 22.6 Å². The van der Waals surface area contributed by atoms with Crippen molar-refractivity contribution in [1.29, 1.82) is 0 Å². The Balaban J connectivity index is 2.71. The molecule has 0 aromatic carbocycles. The first kappa shape index (κ1) is 10.8. The van der Waals surface area contributed by atoms with Crippen LogP contribution in [0.15, 0.2) is 17.0 Å². The zero-order valence-electron chi connectivity index (χ0n) is 6.63. The number of amides is 1. The van der Waals surface area contributed by atoms with Crippen molar-refractivity contribution in [1.82, 2.24) is 15.3 Å². The van der Waals surface area contributed by atoms with Gasteiger partial charge in [0, 0.05) is 17.2 Å². The zero-order valence-corrected chi connectivity index (χ0v) is 10.4. The van der Waals surface area contributed by atoms with Gasteiger partial charge in [-0.3, -0.25) is 4.79 Å². The summed E-state index contributed by atoms with van der Waals surface area (Å²) in [6.07, 6.45) is 2.90. The summed E-state index contributed by atoms with van der Waals surface area (Å²) in [5.41, 5.74) is 0.375. The normalized spacial score (nSPS) is 9.69. The molecule has 0 saturated carbocycles. The van der Waals surface area contributed by atoms with Crippen LogP contribution in [0.5, 0.6) is 0 Å². The van der Waals surface area contributed by atoms with Crippen molar-refractivity contribution in [3.8, 4) is 0 Å². The molecule has 1 amide bonds. The van der Waals surface area contributed by atoms with E-state index in [1.807, 2.05) is 0 Å². The van der Waals surface area contributed by atoms with E-state index in [4.69, 9.17) is 0 Å². The number of carbonyl (C=O) groups is 1. The first-order valence-corrected chi connectivity index (χ1v) is 5.87. The highest BCUT2D eigenvalue weighted by molar-refractivity contribution is 14.1. The van der Waals surface area contributed by atoms with Crippen molar-refractivity contribution in [3.05, 3.63) is 22.7 Å². The molecular formula is C7H7BrIN3O. The molecule has 13 heavy (non-hydrogen) atoms. The fraction of sp³-hybridized carbons (Fsp3) is 0.286. The fourth-order valence-electron chi connectivity index (χ4n) is 0.724. The van der Waals surface area contributed by atoms with E-state index in [1.54, 1.807) is 6.20 Å². The van der Waals surface area contributed by atoms with E-state index in [1.165, 1.54) is 6.33 Å². The molecule has 1 aromatic heterocycles. The molecule has 0 aliphatic carbocycles. The highest BCUT2D eigenvalue weighted by atomic mass is 127. The van der Waals surface area contributed by atoms with Crippen LogP contribution >= 0.6 is 38.5 Å². The number of carbonyl (C=O) groups excluding carboxylic acids is 1.